The molecule has 124 valence electrons. The van der Waals surface area contributed by atoms with Crippen LogP contribution >= 0.6 is 24.0 Å². The van der Waals surface area contributed by atoms with Crippen LogP contribution in [0.3, 0.4) is 0 Å². The summed E-state index contributed by atoms with van der Waals surface area (Å²) in [4.78, 5) is 14.4. The van der Waals surface area contributed by atoms with Gasteiger partial charge in [-0.25, -0.2) is 0 Å². The van der Waals surface area contributed by atoms with Gasteiger partial charge in [-0.05, 0) is 49.9 Å². The molecule has 1 fully saturated rings. The van der Waals surface area contributed by atoms with Gasteiger partial charge in [-0.2, -0.15) is 0 Å². The van der Waals surface area contributed by atoms with Gasteiger partial charge in [-0.3, -0.25) is 9.69 Å². The Hall–Kier alpha value is -0.810. The van der Waals surface area contributed by atoms with Crippen LogP contribution in [-0.2, 0) is 4.79 Å². The third-order valence-corrected chi connectivity index (χ3v) is 4.68. The van der Waals surface area contributed by atoms with Crippen molar-refractivity contribution in [1.29, 1.82) is 0 Å². The Labute approximate surface area is 143 Å². The molecule has 1 aliphatic rings. The van der Waals surface area contributed by atoms with E-state index in [4.69, 9.17) is 17.3 Å². The molecule has 1 aromatic rings. The van der Waals surface area contributed by atoms with Crippen molar-refractivity contribution in [2.24, 2.45) is 11.7 Å². The highest BCUT2D eigenvalue weighted by atomic mass is 35.5. The standard InChI is InChI=1S/C16H24ClN3O.ClH/c1-11-5-6-13(8-14(11)17)19-16(21)10-20-7-3-4-12(2)15(20)9-18;/h5-6,8,12,15H,3-4,7,9-10,18H2,1-2H3,(H,19,21);1H. The maximum atomic E-state index is 12.2. The fourth-order valence-corrected chi connectivity index (χ4v) is 3.15. The van der Waals surface area contributed by atoms with Crippen molar-refractivity contribution < 1.29 is 4.79 Å². The number of aryl methyl sites for hydroxylation is 1. The molecule has 1 aromatic carbocycles. The lowest BCUT2D eigenvalue weighted by Gasteiger charge is -2.38. The number of nitrogens with zero attached hydrogens (tertiary/aromatic N) is 1. The van der Waals surface area contributed by atoms with Crippen LogP contribution in [0.4, 0.5) is 5.69 Å². The number of amides is 1. The molecule has 6 heteroatoms. The second-order valence-corrected chi connectivity index (χ2v) is 6.31. The summed E-state index contributed by atoms with van der Waals surface area (Å²) in [7, 11) is 0. The van der Waals surface area contributed by atoms with Crippen molar-refractivity contribution in [2.45, 2.75) is 32.7 Å². The topological polar surface area (TPSA) is 58.4 Å². The molecule has 0 spiro atoms. The molecule has 2 rings (SSSR count). The molecule has 2 unspecified atom stereocenters. The smallest absolute Gasteiger partial charge is 0.238 e. The molecule has 1 saturated heterocycles. The lowest BCUT2D eigenvalue weighted by Crippen LogP contribution is -2.51. The first kappa shape index (κ1) is 19.2. The lowest BCUT2D eigenvalue weighted by molar-refractivity contribution is -0.118. The highest BCUT2D eigenvalue weighted by Gasteiger charge is 2.28. The predicted octanol–water partition coefficient (Wildman–Crippen LogP) is 3.07. The highest BCUT2D eigenvalue weighted by molar-refractivity contribution is 6.31. The number of carbonyl (C=O) groups excluding carboxylic acids is 1. The molecule has 4 nitrogen and oxygen atoms in total. The number of halogens is 2. The first-order valence-electron chi connectivity index (χ1n) is 7.51. The second kappa shape index (κ2) is 8.73. The summed E-state index contributed by atoms with van der Waals surface area (Å²) >= 11 is 6.08. The van der Waals surface area contributed by atoms with E-state index in [2.05, 4.69) is 17.1 Å². The molecule has 3 N–H and O–H groups in total. The van der Waals surface area contributed by atoms with E-state index < -0.39 is 0 Å². The maximum absolute atomic E-state index is 12.2. The Morgan fingerprint density at radius 1 is 1.50 bits per heavy atom. The number of hydrogen-bond acceptors (Lipinski definition) is 3. The van der Waals surface area contributed by atoms with E-state index >= 15 is 0 Å². The van der Waals surface area contributed by atoms with Crippen molar-refractivity contribution in [3.63, 3.8) is 0 Å². The number of carbonyl (C=O) groups is 1. The summed E-state index contributed by atoms with van der Waals surface area (Å²) < 4.78 is 0. The number of hydrogen-bond donors (Lipinski definition) is 2. The van der Waals surface area contributed by atoms with Crippen LogP contribution in [0.1, 0.15) is 25.3 Å². The van der Waals surface area contributed by atoms with Gasteiger partial charge in [0.15, 0.2) is 0 Å². The number of likely N-dealkylation sites (tertiary alicyclic amines) is 1. The van der Waals surface area contributed by atoms with E-state index in [9.17, 15) is 4.79 Å². The first-order valence-corrected chi connectivity index (χ1v) is 7.89. The van der Waals surface area contributed by atoms with E-state index in [1.54, 1.807) is 6.07 Å². The fraction of sp³-hybridized carbons (Fsp3) is 0.562. The van der Waals surface area contributed by atoms with Crippen LogP contribution in [-0.4, -0.2) is 36.5 Å². The van der Waals surface area contributed by atoms with E-state index in [1.807, 2.05) is 19.1 Å². The summed E-state index contributed by atoms with van der Waals surface area (Å²) in [5, 5.41) is 3.58. The minimum atomic E-state index is -0.0116. The molecular weight excluding hydrogens is 321 g/mol. The molecule has 0 bridgehead atoms. The Kier molecular flexibility index (Phi) is 7.63. The van der Waals surface area contributed by atoms with Gasteiger partial charge in [-0.15, -0.1) is 12.4 Å². The van der Waals surface area contributed by atoms with Crippen LogP contribution in [0.5, 0.6) is 0 Å². The van der Waals surface area contributed by atoms with E-state index in [1.165, 1.54) is 6.42 Å². The van der Waals surface area contributed by atoms with Gasteiger partial charge < -0.3 is 11.1 Å². The van der Waals surface area contributed by atoms with Crippen LogP contribution in [0.2, 0.25) is 5.02 Å². The van der Waals surface area contributed by atoms with Crippen molar-refractivity contribution in [3.05, 3.63) is 28.8 Å². The molecule has 1 heterocycles. The summed E-state index contributed by atoms with van der Waals surface area (Å²) in [6.45, 7) is 6.08. The van der Waals surface area contributed by atoms with Crippen LogP contribution in [0.15, 0.2) is 18.2 Å². The monoisotopic (exact) mass is 345 g/mol. The summed E-state index contributed by atoms with van der Waals surface area (Å²) in [5.41, 5.74) is 7.60. The van der Waals surface area contributed by atoms with Crippen molar-refractivity contribution in [2.75, 3.05) is 25.0 Å². The molecule has 1 amide bonds. The normalized spacial score (nSPS) is 22.0. The van der Waals surface area contributed by atoms with E-state index in [0.717, 1.165) is 24.2 Å². The maximum Gasteiger partial charge on any atom is 0.238 e. The zero-order valence-electron chi connectivity index (χ0n) is 13.1. The van der Waals surface area contributed by atoms with Gasteiger partial charge in [-0.1, -0.05) is 24.6 Å². The minimum Gasteiger partial charge on any atom is -0.329 e. The van der Waals surface area contributed by atoms with Crippen molar-refractivity contribution >= 4 is 35.6 Å². The summed E-state index contributed by atoms with van der Waals surface area (Å²) in [6.07, 6.45) is 2.31. The van der Waals surface area contributed by atoms with Crippen LogP contribution < -0.4 is 11.1 Å². The average Bonchev–Trinajstić information content (AvgIpc) is 2.43. The number of nitrogens with two attached hydrogens (primary N) is 1. The minimum absolute atomic E-state index is 0. The van der Waals surface area contributed by atoms with Gasteiger partial charge in [0.05, 0.1) is 6.54 Å². The fourth-order valence-electron chi connectivity index (χ4n) is 2.97. The predicted molar refractivity (Wildman–Crippen MR) is 94.9 cm³/mol. The average molecular weight is 346 g/mol. The quantitative estimate of drug-likeness (QED) is 0.881. The zero-order chi connectivity index (χ0) is 15.4. The second-order valence-electron chi connectivity index (χ2n) is 5.91. The Morgan fingerprint density at radius 2 is 2.23 bits per heavy atom. The van der Waals surface area contributed by atoms with Gasteiger partial charge in [0.1, 0.15) is 0 Å². The molecule has 2 atom stereocenters. The summed E-state index contributed by atoms with van der Waals surface area (Å²) in [6, 6.07) is 5.86. The van der Waals surface area contributed by atoms with E-state index in [0.29, 0.717) is 30.1 Å². The molecule has 0 aromatic heterocycles. The number of anilines is 1. The van der Waals surface area contributed by atoms with E-state index in [-0.39, 0.29) is 18.3 Å². The van der Waals surface area contributed by atoms with Gasteiger partial charge >= 0.3 is 0 Å². The third-order valence-electron chi connectivity index (χ3n) is 4.27. The Morgan fingerprint density at radius 3 is 2.86 bits per heavy atom. The zero-order valence-corrected chi connectivity index (χ0v) is 14.7. The largest absolute Gasteiger partial charge is 0.329 e. The molecule has 1 aliphatic heterocycles. The molecule has 0 aliphatic carbocycles. The van der Waals surface area contributed by atoms with Gasteiger partial charge in [0.2, 0.25) is 5.91 Å². The van der Waals surface area contributed by atoms with Crippen LogP contribution in [0.25, 0.3) is 0 Å². The van der Waals surface area contributed by atoms with Crippen LogP contribution in [0, 0.1) is 12.8 Å². The number of benzene rings is 1. The molecule has 0 radical (unpaired) electrons. The lowest BCUT2D eigenvalue weighted by atomic mass is 9.91. The number of rotatable bonds is 4. The third kappa shape index (κ3) is 4.85. The first-order chi connectivity index (χ1) is 10.0. The Bertz CT molecular complexity index is 510. The number of piperidine rings is 1. The van der Waals surface area contributed by atoms with Gasteiger partial charge in [0.25, 0.3) is 0 Å². The Balaban J connectivity index is 0.00000242. The highest BCUT2D eigenvalue weighted by Crippen LogP contribution is 2.23. The SMILES string of the molecule is Cc1ccc(NC(=O)CN2CCCC(C)C2CN)cc1Cl.Cl. The van der Waals surface area contributed by atoms with Crippen molar-refractivity contribution in [1.82, 2.24) is 4.90 Å². The van der Waals surface area contributed by atoms with Gasteiger partial charge in [0, 0.05) is 23.3 Å². The number of nitrogens with one attached hydrogen (secondary N) is 1. The van der Waals surface area contributed by atoms with Crippen molar-refractivity contribution in [3.8, 4) is 0 Å². The molecular formula is C16H25Cl2N3O. The molecule has 0 saturated carbocycles. The summed E-state index contributed by atoms with van der Waals surface area (Å²) in [5.74, 6) is 0.535. The molecule has 22 heavy (non-hydrogen) atoms.